The van der Waals surface area contributed by atoms with Crippen molar-refractivity contribution in [2.75, 3.05) is 31.5 Å². The minimum Gasteiger partial charge on any atom is -0.345 e. The molecule has 0 radical (unpaired) electrons. The molecule has 2 rings (SSSR count). The van der Waals surface area contributed by atoms with E-state index in [9.17, 15) is 9.18 Å². The van der Waals surface area contributed by atoms with Crippen molar-refractivity contribution < 1.29 is 9.18 Å². The highest BCUT2D eigenvalue weighted by molar-refractivity contribution is 7.80. The van der Waals surface area contributed by atoms with Crippen LogP contribution in [0.4, 0.5) is 10.1 Å². The van der Waals surface area contributed by atoms with E-state index in [0.717, 1.165) is 0 Å². The van der Waals surface area contributed by atoms with E-state index in [2.05, 4.69) is 5.32 Å². The Morgan fingerprint density at radius 1 is 1.25 bits per heavy atom. The number of rotatable bonds is 1. The number of anilines is 1. The van der Waals surface area contributed by atoms with Crippen LogP contribution in [0.1, 0.15) is 12.5 Å². The lowest BCUT2D eigenvalue weighted by Crippen LogP contribution is -2.51. The summed E-state index contributed by atoms with van der Waals surface area (Å²) in [5.74, 6) is -0.164. The van der Waals surface area contributed by atoms with Gasteiger partial charge in [-0.3, -0.25) is 4.79 Å². The van der Waals surface area contributed by atoms with Gasteiger partial charge in [-0.2, -0.15) is 0 Å². The monoisotopic (exact) mass is 295 g/mol. The number of thiocarbonyl (C=S) groups is 1. The summed E-state index contributed by atoms with van der Waals surface area (Å²) >= 11 is 5.33. The zero-order chi connectivity index (χ0) is 14.7. The van der Waals surface area contributed by atoms with Gasteiger partial charge in [-0.25, -0.2) is 4.39 Å². The Morgan fingerprint density at radius 3 is 2.40 bits per heavy atom. The number of halogens is 1. The van der Waals surface area contributed by atoms with Gasteiger partial charge in [-0.05, 0) is 36.8 Å². The van der Waals surface area contributed by atoms with Gasteiger partial charge in [0.2, 0.25) is 5.91 Å². The number of benzene rings is 1. The zero-order valence-corrected chi connectivity index (χ0v) is 12.5. The minimum absolute atomic E-state index is 0.0872. The summed E-state index contributed by atoms with van der Waals surface area (Å²) in [6, 6.07) is 4.96. The molecule has 1 saturated heterocycles. The van der Waals surface area contributed by atoms with Crippen molar-refractivity contribution in [2.24, 2.45) is 0 Å². The first-order valence-electron chi connectivity index (χ1n) is 6.55. The van der Waals surface area contributed by atoms with Crippen LogP contribution in [0.15, 0.2) is 18.2 Å². The third-order valence-electron chi connectivity index (χ3n) is 3.44. The van der Waals surface area contributed by atoms with Gasteiger partial charge in [-0.1, -0.05) is 6.07 Å². The Kier molecular flexibility index (Phi) is 4.54. The van der Waals surface area contributed by atoms with Crippen molar-refractivity contribution in [1.29, 1.82) is 0 Å². The Hall–Kier alpha value is -1.69. The number of aryl methyl sites for hydroxylation is 1. The molecule has 1 fully saturated rings. The molecule has 4 nitrogen and oxygen atoms in total. The summed E-state index contributed by atoms with van der Waals surface area (Å²) in [4.78, 5) is 15.0. The molecule has 0 aliphatic carbocycles. The molecule has 108 valence electrons. The number of carbonyl (C=O) groups is 1. The maximum absolute atomic E-state index is 13.5. The molecule has 0 atom stereocenters. The molecule has 1 aromatic rings. The van der Waals surface area contributed by atoms with Crippen LogP contribution in [-0.2, 0) is 4.79 Å². The van der Waals surface area contributed by atoms with Crippen LogP contribution < -0.4 is 5.32 Å². The molecular formula is C14H18FN3OS. The number of amides is 1. The molecule has 1 aromatic carbocycles. The van der Waals surface area contributed by atoms with Gasteiger partial charge >= 0.3 is 0 Å². The van der Waals surface area contributed by atoms with Crippen molar-refractivity contribution in [3.63, 3.8) is 0 Å². The molecule has 1 aliphatic rings. The average molecular weight is 295 g/mol. The van der Waals surface area contributed by atoms with Crippen molar-refractivity contribution in [2.45, 2.75) is 13.8 Å². The van der Waals surface area contributed by atoms with Crippen LogP contribution in [0.2, 0.25) is 0 Å². The standard InChI is InChI=1S/C14H18FN3OS/c1-10-3-4-12(9-13(10)15)16-14(20)18-7-5-17(6-8-18)11(2)19/h3-4,9H,5-8H2,1-2H3,(H,16,20). The summed E-state index contributed by atoms with van der Waals surface area (Å²) in [6.45, 7) is 6.01. The molecule has 1 amide bonds. The van der Waals surface area contributed by atoms with Crippen molar-refractivity contribution >= 4 is 28.9 Å². The summed E-state index contributed by atoms with van der Waals surface area (Å²) in [6.07, 6.45) is 0. The third-order valence-corrected chi connectivity index (χ3v) is 3.80. The van der Waals surface area contributed by atoms with E-state index in [1.54, 1.807) is 30.9 Å². The molecule has 0 spiro atoms. The zero-order valence-electron chi connectivity index (χ0n) is 11.6. The first-order chi connectivity index (χ1) is 9.47. The van der Waals surface area contributed by atoms with E-state index in [1.807, 2.05) is 4.90 Å². The summed E-state index contributed by atoms with van der Waals surface area (Å²) in [5.41, 5.74) is 1.25. The second kappa shape index (κ2) is 6.17. The highest BCUT2D eigenvalue weighted by Gasteiger charge is 2.20. The minimum atomic E-state index is -0.251. The van der Waals surface area contributed by atoms with Gasteiger partial charge in [0, 0.05) is 38.8 Å². The van der Waals surface area contributed by atoms with Gasteiger partial charge in [0.25, 0.3) is 0 Å². The second-order valence-electron chi connectivity index (χ2n) is 4.89. The quantitative estimate of drug-likeness (QED) is 0.804. The van der Waals surface area contributed by atoms with E-state index < -0.39 is 0 Å². The van der Waals surface area contributed by atoms with E-state index in [1.165, 1.54) is 6.07 Å². The Labute approximate surface area is 123 Å². The fraction of sp³-hybridized carbons (Fsp3) is 0.429. The van der Waals surface area contributed by atoms with E-state index in [4.69, 9.17) is 12.2 Å². The summed E-state index contributed by atoms with van der Waals surface area (Å²) in [5, 5.41) is 3.60. The predicted octanol–water partition coefficient (Wildman–Crippen LogP) is 2.00. The second-order valence-corrected chi connectivity index (χ2v) is 5.27. The fourth-order valence-electron chi connectivity index (χ4n) is 2.10. The normalized spacial score (nSPS) is 15.2. The molecular weight excluding hydrogens is 277 g/mol. The molecule has 0 saturated carbocycles. The molecule has 1 N–H and O–H groups in total. The molecule has 0 unspecified atom stereocenters. The molecule has 1 heterocycles. The number of hydrogen-bond acceptors (Lipinski definition) is 2. The van der Waals surface area contributed by atoms with Crippen LogP contribution in [-0.4, -0.2) is 47.0 Å². The van der Waals surface area contributed by atoms with Crippen LogP contribution in [0, 0.1) is 12.7 Å². The topological polar surface area (TPSA) is 35.6 Å². The summed E-state index contributed by atoms with van der Waals surface area (Å²) in [7, 11) is 0. The SMILES string of the molecule is CC(=O)N1CCN(C(=S)Nc2ccc(C)c(F)c2)CC1. The van der Waals surface area contributed by atoms with Crippen molar-refractivity contribution in [1.82, 2.24) is 9.80 Å². The Bertz CT molecular complexity index is 527. The molecule has 1 aliphatic heterocycles. The number of nitrogens with zero attached hydrogens (tertiary/aromatic N) is 2. The smallest absolute Gasteiger partial charge is 0.219 e. The number of piperazine rings is 1. The molecule has 0 aromatic heterocycles. The van der Waals surface area contributed by atoms with Crippen LogP contribution in [0.5, 0.6) is 0 Å². The van der Waals surface area contributed by atoms with Gasteiger partial charge < -0.3 is 15.1 Å². The largest absolute Gasteiger partial charge is 0.345 e. The highest BCUT2D eigenvalue weighted by Crippen LogP contribution is 2.14. The van der Waals surface area contributed by atoms with Gasteiger partial charge in [0.1, 0.15) is 5.82 Å². The predicted molar refractivity (Wildman–Crippen MR) is 81.2 cm³/mol. The molecule has 6 heteroatoms. The highest BCUT2D eigenvalue weighted by atomic mass is 32.1. The maximum atomic E-state index is 13.5. The van der Waals surface area contributed by atoms with Gasteiger partial charge in [-0.15, -0.1) is 0 Å². The Balaban J connectivity index is 1.92. The fourth-order valence-corrected chi connectivity index (χ4v) is 2.40. The lowest BCUT2D eigenvalue weighted by atomic mass is 10.2. The lowest BCUT2D eigenvalue weighted by Gasteiger charge is -2.35. The van der Waals surface area contributed by atoms with Crippen molar-refractivity contribution in [3.8, 4) is 0 Å². The van der Waals surface area contributed by atoms with E-state index in [0.29, 0.717) is 42.5 Å². The van der Waals surface area contributed by atoms with E-state index >= 15 is 0 Å². The van der Waals surface area contributed by atoms with Crippen LogP contribution in [0.25, 0.3) is 0 Å². The molecule has 0 bridgehead atoms. The summed E-state index contributed by atoms with van der Waals surface area (Å²) < 4.78 is 13.5. The number of hydrogen-bond donors (Lipinski definition) is 1. The third kappa shape index (κ3) is 3.45. The van der Waals surface area contributed by atoms with E-state index in [-0.39, 0.29) is 11.7 Å². The first kappa shape index (κ1) is 14.7. The van der Waals surface area contributed by atoms with Crippen molar-refractivity contribution in [3.05, 3.63) is 29.6 Å². The maximum Gasteiger partial charge on any atom is 0.219 e. The van der Waals surface area contributed by atoms with Gasteiger partial charge in [0.05, 0.1) is 0 Å². The van der Waals surface area contributed by atoms with Gasteiger partial charge in [0.15, 0.2) is 5.11 Å². The Morgan fingerprint density at radius 2 is 1.85 bits per heavy atom. The first-order valence-corrected chi connectivity index (χ1v) is 6.96. The number of carbonyl (C=O) groups excluding carboxylic acids is 1. The lowest BCUT2D eigenvalue weighted by molar-refractivity contribution is -0.130. The average Bonchev–Trinajstić information content (AvgIpc) is 2.43. The van der Waals surface area contributed by atoms with Crippen LogP contribution in [0.3, 0.4) is 0 Å². The van der Waals surface area contributed by atoms with Crippen LogP contribution >= 0.6 is 12.2 Å². The number of nitrogens with one attached hydrogen (secondary N) is 1. The molecule has 20 heavy (non-hydrogen) atoms.